The van der Waals surface area contributed by atoms with E-state index in [0.717, 1.165) is 11.0 Å². The van der Waals surface area contributed by atoms with Crippen molar-refractivity contribution in [1.82, 2.24) is 4.90 Å². The summed E-state index contributed by atoms with van der Waals surface area (Å²) >= 11 is 5.70. The minimum Gasteiger partial charge on any atom is -0.454 e. The molecule has 0 spiro atoms. The summed E-state index contributed by atoms with van der Waals surface area (Å²) in [5.74, 6) is -2.98. The van der Waals surface area contributed by atoms with Gasteiger partial charge in [0.15, 0.2) is 6.61 Å². The van der Waals surface area contributed by atoms with Crippen molar-refractivity contribution in [3.8, 4) is 0 Å². The maximum absolute atomic E-state index is 12.4. The van der Waals surface area contributed by atoms with Crippen molar-refractivity contribution in [2.45, 2.75) is 13.0 Å². The molecule has 0 saturated carbocycles. The number of nitro benzene ring substituents is 1. The second-order valence-corrected chi connectivity index (χ2v) is 6.69. The third-order valence-electron chi connectivity index (χ3n) is 4.33. The van der Waals surface area contributed by atoms with Crippen LogP contribution in [0.5, 0.6) is 0 Å². The van der Waals surface area contributed by atoms with Gasteiger partial charge in [-0.2, -0.15) is 0 Å². The molecule has 0 fully saturated rings. The lowest BCUT2D eigenvalue weighted by molar-refractivity contribution is -0.384. The van der Waals surface area contributed by atoms with Crippen molar-refractivity contribution >= 4 is 46.7 Å². The first-order chi connectivity index (χ1) is 14.2. The molecule has 0 saturated heterocycles. The lowest BCUT2D eigenvalue weighted by atomic mass is 10.1. The Balaban J connectivity index is 1.60. The summed E-state index contributed by atoms with van der Waals surface area (Å²) in [5, 5.41) is 13.1. The summed E-state index contributed by atoms with van der Waals surface area (Å²) in [6, 6.07) is 8.55. The molecule has 2 aromatic carbocycles. The highest BCUT2D eigenvalue weighted by atomic mass is 35.5. The van der Waals surface area contributed by atoms with Crippen LogP contribution in [0.4, 0.5) is 11.4 Å². The fraction of sp³-hybridized carbons (Fsp3) is 0.158. The summed E-state index contributed by atoms with van der Waals surface area (Å²) in [7, 11) is 0. The van der Waals surface area contributed by atoms with Crippen molar-refractivity contribution in [1.29, 1.82) is 0 Å². The second kappa shape index (κ2) is 8.29. The highest BCUT2D eigenvalue weighted by Crippen LogP contribution is 2.27. The Morgan fingerprint density at radius 3 is 2.33 bits per heavy atom. The molecule has 0 aliphatic carbocycles. The van der Waals surface area contributed by atoms with Crippen LogP contribution in [-0.4, -0.2) is 46.2 Å². The molecule has 11 heteroatoms. The molecular weight excluding hydrogens is 418 g/mol. The van der Waals surface area contributed by atoms with Crippen LogP contribution in [0, 0.1) is 10.1 Å². The molecule has 1 N–H and O–H groups in total. The Hall–Kier alpha value is -3.79. The number of hydrogen-bond acceptors (Lipinski definition) is 7. The van der Waals surface area contributed by atoms with E-state index < -0.39 is 47.0 Å². The van der Waals surface area contributed by atoms with Crippen LogP contribution in [0.2, 0.25) is 5.02 Å². The predicted octanol–water partition coefficient (Wildman–Crippen LogP) is 2.41. The molecule has 3 amide bonds. The van der Waals surface area contributed by atoms with E-state index >= 15 is 0 Å². The van der Waals surface area contributed by atoms with E-state index in [-0.39, 0.29) is 21.8 Å². The molecule has 2 aromatic rings. The standard InChI is InChI=1S/C19H14ClN3O7/c1-10(22-17(25)12-4-2-3-5-13(12)18(22)26)19(27)30-9-16(24)21-11-6-7-14(20)15(8-11)23(28)29/h2-8,10H,9H2,1H3,(H,21,24)/t10-/m1/s1. The van der Waals surface area contributed by atoms with Gasteiger partial charge in [0.25, 0.3) is 23.4 Å². The van der Waals surface area contributed by atoms with E-state index in [1.165, 1.54) is 31.2 Å². The molecule has 1 aliphatic heterocycles. The molecule has 0 bridgehead atoms. The van der Waals surface area contributed by atoms with Gasteiger partial charge in [0.2, 0.25) is 0 Å². The molecule has 0 unspecified atom stereocenters. The number of nitro groups is 1. The van der Waals surface area contributed by atoms with Gasteiger partial charge >= 0.3 is 5.97 Å². The predicted molar refractivity (Wildman–Crippen MR) is 104 cm³/mol. The van der Waals surface area contributed by atoms with Gasteiger partial charge in [-0.25, -0.2) is 4.79 Å². The maximum atomic E-state index is 12.4. The number of esters is 1. The number of fused-ring (bicyclic) bond motifs is 1. The first-order valence-electron chi connectivity index (χ1n) is 8.58. The number of nitrogens with zero attached hydrogens (tertiary/aromatic N) is 2. The van der Waals surface area contributed by atoms with Gasteiger partial charge in [-0.15, -0.1) is 0 Å². The molecule has 10 nitrogen and oxygen atoms in total. The number of halogens is 1. The number of ether oxygens (including phenoxy) is 1. The van der Waals surface area contributed by atoms with Crippen LogP contribution < -0.4 is 5.32 Å². The van der Waals surface area contributed by atoms with E-state index in [1.54, 1.807) is 12.1 Å². The molecule has 3 rings (SSSR count). The van der Waals surface area contributed by atoms with Gasteiger partial charge in [0.1, 0.15) is 11.1 Å². The fourth-order valence-corrected chi connectivity index (χ4v) is 3.04. The van der Waals surface area contributed by atoms with E-state index in [2.05, 4.69) is 5.32 Å². The van der Waals surface area contributed by atoms with Gasteiger partial charge in [-0.3, -0.25) is 29.4 Å². The smallest absolute Gasteiger partial charge is 0.329 e. The topological polar surface area (TPSA) is 136 Å². The Bertz CT molecular complexity index is 1050. The Kier molecular flexibility index (Phi) is 5.79. The summed E-state index contributed by atoms with van der Waals surface area (Å²) in [4.78, 5) is 60.0. The molecule has 30 heavy (non-hydrogen) atoms. The zero-order valence-corrected chi connectivity index (χ0v) is 16.2. The van der Waals surface area contributed by atoms with Crippen molar-refractivity contribution in [3.05, 3.63) is 68.7 Å². The number of amides is 3. The molecule has 0 aromatic heterocycles. The van der Waals surface area contributed by atoms with E-state index in [0.29, 0.717) is 0 Å². The van der Waals surface area contributed by atoms with Gasteiger partial charge < -0.3 is 10.1 Å². The number of anilines is 1. The molecule has 0 radical (unpaired) electrons. The molecular formula is C19H14ClN3O7. The third-order valence-corrected chi connectivity index (χ3v) is 4.65. The van der Waals surface area contributed by atoms with Crippen LogP contribution in [0.3, 0.4) is 0 Å². The van der Waals surface area contributed by atoms with Crippen LogP contribution in [0.25, 0.3) is 0 Å². The molecule has 154 valence electrons. The zero-order valence-electron chi connectivity index (χ0n) is 15.5. The second-order valence-electron chi connectivity index (χ2n) is 6.28. The average Bonchev–Trinajstić information content (AvgIpc) is 2.97. The van der Waals surface area contributed by atoms with Gasteiger partial charge in [-0.05, 0) is 31.2 Å². The normalized spacial score (nSPS) is 13.6. The van der Waals surface area contributed by atoms with Crippen LogP contribution >= 0.6 is 11.6 Å². The van der Waals surface area contributed by atoms with Crippen LogP contribution in [-0.2, 0) is 14.3 Å². The largest absolute Gasteiger partial charge is 0.454 e. The summed E-state index contributed by atoms with van der Waals surface area (Å²) in [5.41, 5.74) is 0.0553. The first kappa shape index (κ1) is 20.9. The van der Waals surface area contributed by atoms with E-state index in [9.17, 15) is 29.3 Å². The van der Waals surface area contributed by atoms with Crippen LogP contribution in [0.15, 0.2) is 42.5 Å². The Labute approximate surface area is 174 Å². The van der Waals surface area contributed by atoms with Gasteiger partial charge in [0, 0.05) is 11.8 Å². The number of nitrogens with one attached hydrogen (secondary N) is 1. The van der Waals surface area contributed by atoms with E-state index in [1.807, 2.05) is 0 Å². The summed E-state index contributed by atoms with van der Waals surface area (Å²) in [6.45, 7) is 0.591. The minimum atomic E-state index is -1.25. The molecule has 1 atom stereocenters. The number of benzene rings is 2. The Morgan fingerprint density at radius 2 is 1.77 bits per heavy atom. The van der Waals surface area contributed by atoms with Crippen LogP contribution in [0.1, 0.15) is 27.6 Å². The number of rotatable bonds is 6. The van der Waals surface area contributed by atoms with Crippen molar-refractivity contribution < 1.29 is 28.8 Å². The number of imide groups is 1. The zero-order chi connectivity index (χ0) is 22.0. The highest BCUT2D eigenvalue weighted by molar-refractivity contribution is 6.32. The lowest BCUT2D eigenvalue weighted by Gasteiger charge is -2.20. The van der Waals surface area contributed by atoms with Crippen molar-refractivity contribution in [2.75, 3.05) is 11.9 Å². The Morgan fingerprint density at radius 1 is 1.17 bits per heavy atom. The monoisotopic (exact) mass is 431 g/mol. The maximum Gasteiger partial charge on any atom is 0.329 e. The first-order valence-corrected chi connectivity index (χ1v) is 8.96. The van der Waals surface area contributed by atoms with Gasteiger partial charge in [-0.1, -0.05) is 23.7 Å². The number of carbonyl (C=O) groups is 4. The average molecular weight is 432 g/mol. The summed E-state index contributed by atoms with van der Waals surface area (Å²) in [6.07, 6.45) is 0. The quantitative estimate of drug-likeness (QED) is 0.321. The lowest BCUT2D eigenvalue weighted by Crippen LogP contribution is -2.44. The van der Waals surface area contributed by atoms with Crippen molar-refractivity contribution in [3.63, 3.8) is 0 Å². The van der Waals surface area contributed by atoms with E-state index in [4.69, 9.17) is 16.3 Å². The summed E-state index contributed by atoms with van der Waals surface area (Å²) < 4.78 is 4.89. The van der Waals surface area contributed by atoms with Gasteiger partial charge in [0.05, 0.1) is 16.1 Å². The minimum absolute atomic E-state index is 0.0838. The SMILES string of the molecule is C[C@H](C(=O)OCC(=O)Nc1ccc(Cl)c([N+](=O)[O-])c1)N1C(=O)c2ccccc2C1=O. The number of carbonyl (C=O) groups excluding carboxylic acids is 4. The number of hydrogen-bond donors (Lipinski definition) is 1. The van der Waals surface area contributed by atoms with Crippen molar-refractivity contribution in [2.24, 2.45) is 0 Å². The molecule has 1 heterocycles. The molecule has 1 aliphatic rings. The fourth-order valence-electron chi connectivity index (χ4n) is 2.85. The third kappa shape index (κ3) is 3.98. The highest BCUT2D eigenvalue weighted by Gasteiger charge is 2.41.